The van der Waals surface area contributed by atoms with E-state index in [-0.39, 0.29) is 5.91 Å². The second-order valence-electron chi connectivity index (χ2n) is 6.10. The number of anilines is 1. The minimum absolute atomic E-state index is 0.0227. The third kappa shape index (κ3) is 4.29. The minimum Gasteiger partial charge on any atom is -0.326 e. The van der Waals surface area contributed by atoms with Crippen LogP contribution >= 0.6 is 0 Å². The Morgan fingerprint density at radius 1 is 1.29 bits per heavy atom. The van der Waals surface area contributed by atoms with Gasteiger partial charge in [0.2, 0.25) is 5.91 Å². The van der Waals surface area contributed by atoms with E-state index in [2.05, 4.69) is 48.0 Å². The molecule has 2 atom stereocenters. The summed E-state index contributed by atoms with van der Waals surface area (Å²) >= 11 is 0. The first-order valence-electron chi connectivity index (χ1n) is 7.84. The minimum atomic E-state index is -0.0227. The molecule has 4 nitrogen and oxygen atoms in total. The van der Waals surface area contributed by atoms with Crippen LogP contribution in [0.3, 0.4) is 0 Å². The second kappa shape index (κ2) is 7.05. The van der Waals surface area contributed by atoms with Crippen molar-refractivity contribution in [2.75, 3.05) is 25.0 Å². The first-order valence-corrected chi connectivity index (χ1v) is 7.84. The molecule has 1 N–H and O–H groups in total. The third-order valence-electron chi connectivity index (χ3n) is 4.24. The number of amides is 1. The van der Waals surface area contributed by atoms with Crippen LogP contribution in [0.15, 0.2) is 24.3 Å². The predicted molar refractivity (Wildman–Crippen MR) is 87.3 cm³/mol. The van der Waals surface area contributed by atoms with Gasteiger partial charge in [-0.05, 0) is 38.1 Å². The lowest BCUT2D eigenvalue weighted by Gasteiger charge is -2.44. The molecular weight excluding hydrogens is 262 g/mol. The number of carbonyl (C=O) groups is 1. The number of carbonyl (C=O) groups excluding carboxylic acids is 1. The molecule has 2 rings (SSSR count). The van der Waals surface area contributed by atoms with Crippen molar-refractivity contribution < 1.29 is 4.79 Å². The Bertz CT molecular complexity index is 477. The molecule has 0 radical (unpaired) electrons. The van der Waals surface area contributed by atoms with Gasteiger partial charge in [-0.1, -0.05) is 19.1 Å². The first-order chi connectivity index (χ1) is 9.99. The summed E-state index contributed by atoms with van der Waals surface area (Å²) in [5.41, 5.74) is 2.14. The van der Waals surface area contributed by atoms with Gasteiger partial charge < -0.3 is 10.2 Å². The van der Waals surface area contributed by atoms with E-state index in [0.717, 1.165) is 31.9 Å². The third-order valence-corrected chi connectivity index (χ3v) is 4.24. The van der Waals surface area contributed by atoms with E-state index in [4.69, 9.17) is 0 Å². The van der Waals surface area contributed by atoms with Crippen LogP contribution in [0.25, 0.3) is 0 Å². The van der Waals surface area contributed by atoms with Crippen LogP contribution in [0.4, 0.5) is 5.69 Å². The summed E-state index contributed by atoms with van der Waals surface area (Å²) in [6.45, 7) is 12.7. The molecular formula is C17H27N3O. The van der Waals surface area contributed by atoms with Crippen molar-refractivity contribution in [2.24, 2.45) is 0 Å². The fourth-order valence-electron chi connectivity index (χ4n) is 3.20. The predicted octanol–water partition coefficient (Wildman–Crippen LogP) is 2.56. The van der Waals surface area contributed by atoms with Gasteiger partial charge in [0.15, 0.2) is 0 Å². The highest BCUT2D eigenvalue weighted by atomic mass is 16.1. The van der Waals surface area contributed by atoms with E-state index in [1.54, 1.807) is 6.92 Å². The summed E-state index contributed by atoms with van der Waals surface area (Å²) in [6.07, 6.45) is 0. The number of benzene rings is 1. The maximum absolute atomic E-state index is 11.2. The zero-order valence-corrected chi connectivity index (χ0v) is 13.6. The monoisotopic (exact) mass is 289 g/mol. The number of likely N-dealkylation sites (N-methyl/N-ethyl adjacent to an activating group) is 1. The summed E-state index contributed by atoms with van der Waals surface area (Å²) in [4.78, 5) is 16.2. The van der Waals surface area contributed by atoms with Gasteiger partial charge in [-0.2, -0.15) is 0 Å². The molecule has 1 amide bonds. The maximum atomic E-state index is 11.2. The average Bonchev–Trinajstić information content (AvgIpc) is 2.42. The number of nitrogens with one attached hydrogen (secondary N) is 1. The van der Waals surface area contributed by atoms with Crippen molar-refractivity contribution in [1.29, 1.82) is 0 Å². The molecule has 1 fully saturated rings. The Kier molecular flexibility index (Phi) is 5.37. The number of nitrogens with zero attached hydrogens (tertiary/aromatic N) is 2. The normalized spacial score (nSPS) is 24.0. The zero-order chi connectivity index (χ0) is 15.4. The maximum Gasteiger partial charge on any atom is 0.221 e. The average molecular weight is 289 g/mol. The Balaban J connectivity index is 2.05. The van der Waals surface area contributed by atoms with Crippen molar-refractivity contribution in [2.45, 2.75) is 46.3 Å². The Labute approximate surface area is 128 Å². The molecule has 4 heteroatoms. The highest BCUT2D eigenvalue weighted by Crippen LogP contribution is 2.20. The highest BCUT2D eigenvalue weighted by molar-refractivity contribution is 5.88. The quantitative estimate of drug-likeness (QED) is 0.925. The van der Waals surface area contributed by atoms with Crippen molar-refractivity contribution in [1.82, 2.24) is 9.80 Å². The van der Waals surface area contributed by atoms with Crippen LogP contribution in [0, 0.1) is 0 Å². The molecule has 2 unspecified atom stereocenters. The molecule has 0 aromatic heterocycles. The van der Waals surface area contributed by atoms with E-state index >= 15 is 0 Å². The van der Waals surface area contributed by atoms with E-state index < -0.39 is 0 Å². The smallest absolute Gasteiger partial charge is 0.221 e. The van der Waals surface area contributed by atoms with Crippen LogP contribution in [-0.4, -0.2) is 47.4 Å². The molecule has 116 valence electrons. The number of rotatable bonds is 4. The fraction of sp³-hybridized carbons (Fsp3) is 0.588. The van der Waals surface area contributed by atoms with Gasteiger partial charge in [0.05, 0.1) is 0 Å². The van der Waals surface area contributed by atoms with Gasteiger partial charge in [0.1, 0.15) is 0 Å². The summed E-state index contributed by atoms with van der Waals surface area (Å²) in [5, 5.41) is 2.86. The second-order valence-corrected chi connectivity index (χ2v) is 6.10. The van der Waals surface area contributed by atoms with Crippen LogP contribution in [0.5, 0.6) is 0 Å². The lowest BCUT2D eigenvalue weighted by Crippen LogP contribution is -2.55. The van der Waals surface area contributed by atoms with E-state index in [9.17, 15) is 4.79 Å². The molecule has 0 spiro atoms. The molecule has 1 aliphatic rings. The van der Waals surface area contributed by atoms with Crippen LogP contribution in [0.1, 0.15) is 33.3 Å². The van der Waals surface area contributed by atoms with E-state index in [1.807, 2.05) is 12.1 Å². The van der Waals surface area contributed by atoms with Crippen molar-refractivity contribution >= 4 is 11.6 Å². The molecule has 21 heavy (non-hydrogen) atoms. The van der Waals surface area contributed by atoms with Gasteiger partial charge in [-0.3, -0.25) is 9.69 Å². The molecule has 0 saturated carbocycles. The lowest BCUT2D eigenvalue weighted by molar-refractivity contribution is -0.114. The van der Waals surface area contributed by atoms with Gasteiger partial charge in [-0.15, -0.1) is 0 Å². The standard InChI is InChI=1S/C17H27N3O/c1-5-19-10-13(2)20(14(3)11-19)12-16-7-6-8-17(9-16)18-15(4)21/h6-9,13-14H,5,10-12H2,1-4H3,(H,18,21). The van der Waals surface area contributed by atoms with Crippen LogP contribution in [0.2, 0.25) is 0 Å². The summed E-state index contributed by atoms with van der Waals surface area (Å²) in [5.74, 6) is -0.0227. The summed E-state index contributed by atoms with van der Waals surface area (Å²) in [7, 11) is 0. The van der Waals surface area contributed by atoms with Crippen LogP contribution < -0.4 is 5.32 Å². The zero-order valence-electron chi connectivity index (χ0n) is 13.6. The molecule has 1 aliphatic heterocycles. The molecule has 1 aromatic rings. The molecule has 1 heterocycles. The van der Waals surface area contributed by atoms with Crippen molar-refractivity contribution in [3.05, 3.63) is 29.8 Å². The lowest BCUT2D eigenvalue weighted by atomic mass is 10.1. The van der Waals surface area contributed by atoms with Gasteiger partial charge in [-0.25, -0.2) is 0 Å². The molecule has 0 bridgehead atoms. The van der Waals surface area contributed by atoms with E-state index in [0.29, 0.717) is 12.1 Å². The number of piperazine rings is 1. The topological polar surface area (TPSA) is 35.6 Å². The SMILES string of the molecule is CCN1CC(C)N(Cc2cccc(NC(C)=O)c2)C(C)C1. The fourth-order valence-corrected chi connectivity index (χ4v) is 3.20. The molecule has 1 saturated heterocycles. The molecule has 0 aliphatic carbocycles. The Morgan fingerprint density at radius 3 is 2.52 bits per heavy atom. The van der Waals surface area contributed by atoms with Crippen molar-refractivity contribution in [3.63, 3.8) is 0 Å². The Hall–Kier alpha value is -1.39. The van der Waals surface area contributed by atoms with Gasteiger partial charge >= 0.3 is 0 Å². The Morgan fingerprint density at radius 2 is 1.95 bits per heavy atom. The molecule has 1 aromatic carbocycles. The van der Waals surface area contributed by atoms with Gasteiger partial charge in [0.25, 0.3) is 0 Å². The van der Waals surface area contributed by atoms with Gasteiger partial charge in [0, 0.05) is 44.3 Å². The number of hydrogen-bond acceptors (Lipinski definition) is 3. The summed E-state index contributed by atoms with van der Waals surface area (Å²) in [6, 6.07) is 9.27. The first kappa shape index (κ1) is 16.0. The number of hydrogen-bond donors (Lipinski definition) is 1. The van der Waals surface area contributed by atoms with Crippen molar-refractivity contribution in [3.8, 4) is 0 Å². The highest BCUT2D eigenvalue weighted by Gasteiger charge is 2.28. The largest absolute Gasteiger partial charge is 0.326 e. The summed E-state index contributed by atoms with van der Waals surface area (Å²) < 4.78 is 0. The van der Waals surface area contributed by atoms with Crippen LogP contribution in [-0.2, 0) is 11.3 Å². The van der Waals surface area contributed by atoms with E-state index in [1.165, 1.54) is 5.56 Å².